The number of rotatable bonds is 10. The third-order valence-corrected chi connectivity index (χ3v) is 10.5. The molecule has 1 aromatic carbocycles. The van der Waals surface area contributed by atoms with Crippen LogP contribution in [0.15, 0.2) is 30.3 Å². The van der Waals surface area contributed by atoms with Gasteiger partial charge in [-0.15, -0.1) is 0 Å². The van der Waals surface area contributed by atoms with Crippen LogP contribution in [0.4, 0.5) is 4.79 Å². The highest BCUT2D eigenvalue weighted by atomic mass is 32.2. The molecule has 0 aromatic heterocycles. The SMILES string of the molecule is CC(C)(C)COC(=O)N[C@H](C(=O)N1CCC[C@H]1C(=O)NC1(C(=O)NS(=O)(=O)C2(Cc3ccccc3)CC2)CC1)C(C)(C)C. The van der Waals surface area contributed by atoms with Gasteiger partial charge < -0.3 is 20.3 Å². The highest BCUT2D eigenvalue weighted by Crippen LogP contribution is 2.46. The molecule has 3 fully saturated rings. The Labute approximate surface area is 254 Å². The lowest BCUT2D eigenvalue weighted by atomic mass is 9.85. The van der Waals surface area contributed by atoms with E-state index < -0.39 is 61.6 Å². The van der Waals surface area contributed by atoms with Gasteiger partial charge in [-0.25, -0.2) is 13.2 Å². The summed E-state index contributed by atoms with van der Waals surface area (Å²) in [6, 6.07) is 7.49. The number of sulfonamides is 1. The van der Waals surface area contributed by atoms with Crippen LogP contribution in [-0.2, 0) is 35.6 Å². The number of benzene rings is 1. The fourth-order valence-corrected chi connectivity index (χ4v) is 7.04. The molecule has 11 nitrogen and oxygen atoms in total. The molecule has 0 bridgehead atoms. The van der Waals surface area contributed by atoms with E-state index in [-0.39, 0.29) is 12.0 Å². The van der Waals surface area contributed by atoms with Crippen molar-refractivity contribution in [3.05, 3.63) is 35.9 Å². The second-order valence-corrected chi connectivity index (χ2v) is 16.7. The molecule has 4 rings (SSSR count). The minimum absolute atomic E-state index is 0.172. The number of hydrogen-bond donors (Lipinski definition) is 3. The smallest absolute Gasteiger partial charge is 0.407 e. The molecular formula is C31H46N4O7S. The molecule has 0 spiro atoms. The topological polar surface area (TPSA) is 151 Å². The summed E-state index contributed by atoms with van der Waals surface area (Å²) in [5.41, 5.74) is -1.37. The van der Waals surface area contributed by atoms with Crippen LogP contribution < -0.4 is 15.4 Å². The Hall–Kier alpha value is -3.15. The maximum absolute atomic E-state index is 13.7. The second kappa shape index (κ2) is 11.7. The number of carbonyl (C=O) groups is 4. The van der Waals surface area contributed by atoms with E-state index in [1.54, 1.807) is 0 Å². The van der Waals surface area contributed by atoms with Gasteiger partial charge in [0.15, 0.2) is 0 Å². The zero-order valence-electron chi connectivity index (χ0n) is 26.1. The van der Waals surface area contributed by atoms with Gasteiger partial charge in [-0.2, -0.15) is 0 Å². The summed E-state index contributed by atoms with van der Waals surface area (Å²) in [4.78, 5) is 54.5. The largest absolute Gasteiger partial charge is 0.449 e. The maximum Gasteiger partial charge on any atom is 0.407 e. The molecule has 4 amide bonds. The first-order valence-electron chi connectivity index (χ1n) is 15.0. The first-order chi connectivity index (χ1) is 19.9. The predicted octanol–water partition coefficient (Wildman–Crippen LogP) is 3.03. The van der Waals surface area contributed by atoms with Crippen molar-refractivity contribution in [3.8, 4) is 0 Å². The average molecular weight is 619 g/mol. The molecule has 1 aromatic rings. The lowest BCUT2D eigenvalue weighted by molar-refractivity contribution is -0.142. The minimum Gasteiger partial charge on any atom is -0.449 e. The van der Waals surface area contributed by atoms with Crippen molar-refractivity contribution < 1.29 is 32.3 Å². The van der Waals surface area contributed by atoms with E-state index in [0.29, 0.717) is 51.5 Å². The Morgan fingerprint density at radius 2 is 1.63 bits per heavy atom. The second-order valence-electron chi connectivity index (χ2n) is 14.6. The van der Waals surface area contributed by atoms with Crippen LogP contribution in [0, 0.1) is 10.8 Å². The molecule has 2 aliphatic carbocycles. The van der Waals surface area contributed by atoms with E-state index in [0.717, 1.165) is 5.56 Å². The fourth-order valence-electron chi connectivity index (χ4n) is 5.39. The van der Waals surface area contributed by atoms with Crippen molar-refractivity contribution in [1.29, 1.82) is 0 Å². The fraction of sp³-hybridized carbons (Fsp3) is 0.677. The molecule has 43 heavy (non-hydrogen) atoms. The van der Waals surface area contributed by atoms with Crippen LogP contribution >= 0.6 is 0 Å². The molecule has 3 N–H and O–H groups in total. The number of carbonyl (C=O) groups excluding carboxylic acids is 4. The molecule has 1 saturated heterocycles. The Balaban J connectivity index is 1.40. The van der Waals surface area contributed by atoms with Crippen molar-refractivity contribution in [2.45, 2.75) is 109 Å². The quantitative estimate of drug-likeness (QED) is 0.365. The highest BCUT2D eigenvalue weighted by molar-refractivity contribution is 7.91. The average Bonchev–Trinajstić information content (AvgIpc) is 3.82. The normalized spacial score (nSPS) is 21.3. The first kappa shape index (κ1) is 32.8. The van der Waals surface area contributed by atoms with Crippen LogP contribution in [0.3, 0.4) is 0 Å². The van der Waals surface area contributed by atoms with Crippen molar-refractivity contribution in [1.82, 2.24) is 20.3 Å². The van der Waals surface area contributed by atoms with Gasteiger partial charge in [0, 0.05) is 6.54 Å². The van der Waals surface area contributed by atoms with Crippen LogP contribution in [0.25, 0.3) is 0 Å². The monoisotopic (exact) mass is 618 g/mol. The lowest BCUT2D eigenvalue weighted by Crippen LogP contribution is -2.60. The summed E-state index contributed by atoms with van der Waals surface area (Å²) in [6.07, 6.45) is 2.08. The summed E-state index contributed by atoms with van der Waals surface area (Å²) < 4.78 is 33.2. The Bertz CT molecular complexity index is 1340. The number of nitrogens with zero attached hydrogens (tertiary/aromatic N) is 1. The summed E-state index contributed by atoms with van der Waals surface area (Å²) >= 11 is 0. The standard InChI is InChI=1S/C31H46N4O7S/c1-28(2,3)20-42-27(39)32-23(29(4,5)6)25(37)35-18-10-13-22(35)24(36)33-31(16-17-31)26(38)34-43(40,41)30(14-15-30)19-21-11-8-7-9-12-21/h7-9,11-12,22-23H,10,13-20H2,1-6H3,(H,32,39)(H,33,36)(H,34,38)/t22-,23+/m0/s1. The van der Waals surface area contributed by atoms with E-state index in [4.69, 9.17) is 4.74 Å². The number of alkyl carbamates (subject to hydrolysis) is 1. The molecule has 3 aliphatic rings. The van der Waals surface area contributed by atoms with Crippen molar-refractivity contribution in [3.63, 3.8) is 0 Å². The minimum atomic E-state index is -3.99. The highest BCUT2D eigenvalue weighted by Gasteiger charge is 2.59. The van der Waals surface area contributed by atoms with Crippen molar-refractivity contribution in [2.75, 3.05) is 13.2 Å². The van der Waals surface area contributed by atoms with Gasteiger partial charge in [-0.05, 0) is 61.3 Å². The maximum atomic E-state index is 13.7. The molecule has 1 heterocycles. The number of hydrogen-bond acceptors (Lipinski definition) is 7. The Kier molecular flexibility index (Phi) is 8.94. The number of amides is 4. The molecule has 12 heteroatoms. The molecule has 1 aliphatic heterocycles. The van der Waals surface area contributed by atoms with Crippen LogP contribution in [-0.4, -0.2) is 72.7 Å². The zero-order valence-corrected chi connectivity index (χ0v) is 26.9. The third kappa shape index (κ3) is 7.69. The molecule has 238 valence electrons. The van der Waals surface area contributed by atoms with Crippen LogP contribution in [0.1, 0.15) is 85.6 Å². The molecule has 0 unspecified atom stereocenters. The number of nitrogens with one attached hydrogen (secondary N) is 3. The zero-order chi connectivity index (χ0) is 31.8. The van der Waals surface area contributed by atoms with E-state index in [1.165, 1.54) is 4.90 Å². The number of ether oxygens (including phenoxy) is 1. The summed E-state index contributed by atoms with van der Waals surface area (Å²) in [5, 5.41) is 5.46. The van der Waals surface area contributed by atoms with Gasteiger partial charge in [0.05, 0.1) is 11.4 Å². The summed E-state index contributed by atoms with van der Waals surface area (Å²) in [7, 11) is -3.99. The molecular weight excluding hydrogens is 572 g/mol. The van der Waals surface area contributed by atoms with Crippen molar-refractivity contribution in [2.24, 2.45) is 10.8 Å². The van der Waals surface area contributed by atoms with E-state index in [2.05, 4.69) is 15.4 Å². The Morgan fingerprint density at radius 1 is 1.00 bits per heavy atom. The van der Waals surface area contributed by atoms with Gasteiger partial charge in [-0.1, -0.05) is 71.9 Å². The molecule has 2 atom stereocenters. The van der Waals surface area contributed by atoms with Crippen LogP contribution in [0.2, 0.25) is 0 Å². The number of likely N-dealkylation sites (tertiary alicyclic amines) is 1. The van der Waals surface area contributed by atoms with Gasteiger partial charge in [0.2, 0.25) is 21.8 Å². The molecule has 2 saturated carbocycles. The van der Waals surface area contributed by atoms with E-state index in [9.17, 15) is 27.6 Å². The predicted molar refractivity (Wildman–Crippen MR) is 161 cm³/mol. The first-order valence-corrected chi connectivity index (χ1v) is 16.5. The van der Waals surface area contributed by atoms with Crippen molar-refractivity contribution >= 4 is 33.8 Å². The van der Waals surface area contributed by atoms with Gasteiger partial charge in [0.25, 0.3) is 5.91 Å². The van der Waals surface area contributed by atoms with Gasteiger partial charge in [0.1, 0.15) is 17.6 Å². The lowest BCUT2D eigenvalue weighted by Gasteiger charge is -2.35. The van der Waals surface area contributed by atoms with Crippen LogP contribution in [0.5, 0.6) is 0 Å². The summed E-state index contributed by atoms with van der Waals surface area (Å²) in [6.45, 7) is 11.7. The van der Waals surface area contributed by atoms with Gasteiger partial charge in [-0.3, -0.25) is 19.1 Å². The Morgan fingerprint density at radius 3 is 2.16 bits per heavy atom. The third-order valence-electron chi connectivity index (χ3n) is 8.37. The molecule has 0 radical (unpaired) electrons. The van der Waals surface area contributed by atoms with E-state index >= 15 is 0 Å². The van der Waals surface area contributed by atoms with Gasteiger partial charge >= 0.3 is 6.09 Å². The van der Waals surface area contributed by atoms with E-state index in [1.807, 2.05) is 71.9 Å². The summed E-state index contributed by atoms with van der Waals surface area (Å²) in [5.74, 6) is -1.66.